The first-order valence-electron chi connectivity index (χ1n) is 5.51. The zero-order valence-electron chi connectivity index (χ0n) is 9.83. The fourth-order valence-corrected chi connectivity index (χ4v) is 1.94. The molecule has 0 heterocycles. The van der Waals surface area contributed by atoms with Crippen molar-refractivity contribution in [2.75, 3.05) is 12.4 Å². The fraction of sp³-hybridized carbons (Fsp3) is 0.538. The molecule has 1 aromatic rings. The molecule has 0 fully saturated rings. The summed E-state index contributed by atoms with van der Waals surface area (Å²) in [7, 11) is 2.17. The normalized spacial score (nSPS) is 13.1. The maximum atomic E-state index is 3.51. The minimum absolute atomic E-state index is 0.579. The van der Waals surface area contributed by atoms with Crippen molar-refractivity contribution in [2.24, 2.45) is 0 Å². The third kappa shape index (κ3) is 3.96. The molecule has 1 unspecified atom stereocenters. The average Bonchev–Trinajstić information content (AvgIpc) is 2.29. The summed E-state index contributed by atoms with van der Waals surface area (Å²) in [6.07, 6.45) is 1.12. The number of nitrogens with zero attached hydrogens (tertiary/aromatic N) is 1. The highest BCUT2D eigenvalue weighted by molar-refractivity contribution is 9.09. The lowest BCUT2D eigenvalue weighted by atomic mass is 10.1. The Morgan fingerprint density at radius 1 is 1.20 bits per heavy atom. The summed E-state index contributed by atoms with van der Waals surface area (Å²) in [4.78, 5) is 2.36. The van der Waals surface area contributed by atoms with Crippen molar-refractivity contribution in [2.45, 2.75) is 32.9 Å². The molecule has 1 nitrogen and oxygen atoms in total. The highest BCUT2D eigenvalue weighted by Gasteiger charge is 2.07. The van der Waals surface area contributed by atoms with Crippen LogP contribution in [0.25, 0.3) is 0 Å². The number of benzene rings is 1. The molecule has 84 valence electrons. The molecule has 0 aliphatic heterocycles. The van der Waals surface area contributed by atoms with Crippen molar-refractivity contribution >= 4 is 15.9 Å². The van der Waals surface area contributed by atoms with Gasteiger partial charge in [0.2, 0.25) is 0 Å². The Balaban J connectivity index is 2.57. The molecule has 0 bridgehead atoms. The minimum Gasteiger partial charge on any atom is -0.299 e. The molecular formula is C13H20BrN. The molecule has 0 amide bonds. The van der Waals surface area contributed by atoms with E-state index in [1.165, 1.54) is 11.1 Å². The van der Waals surface area contributed by atoms with Gasteiger partial charge >= 0.3 is 0 Å². The maximum absolute atomic E-state index is 3.51. The minimum atomic E-state index is 0.579. The van der Waals surface area contributed by atoms with Gasteiger partial charge in [-0.05, 0) is 31.5 Å². The number of alkyl halides is 1. The van der Waals surface area contributed by atoms with Gasteiger partial charge in [0.05, 0.1) is 0 Å². The molecule has 0 aromatic heterocycles. The molecule has 15 heavy (non-hydrogen) atoms. The van der Waals surface area contributed by atoms with Crippen LogP contribution in [0.5, 0.6) is 0 Å². The topological polar surface area (TPSA) is 3.24 Å². The number of aryl methyl sites for hydroxylation is 1. The standard InChI is InChI=1S/C13H20BrN/c1-4-12-5-7-13(8-6-12)10-15(3)11(2)9-14/h5-8,11H,4,9-10H2,1-3H3. The first-order chi connectivity index (χ1) is 7.17. The molecule has 0 saturated heterocycles. The van der Waals surface area contributed by atoms with E-state index in [9.17, 15) is 0 Å². The summed E-state index contributed by atoms with van der Waals surface area (Å²) in [6, 6.07) is 9.49. The zero-order chi connectivity index (χ0) is 11.3. The van der Waals surface area contributed by atoms with E-state index in [2.05, 4.69) is 66.0 Å². The van der Waals surface area contributed by atoms with Crippen LogP contribution in [-0.2, 0) is 13.0 Å². The van der Waals surface area contributed by atoms with Crippen LogP contribution in [0.2, 0.25) is 0 Å². The monoisotopic (exact) mass is 269 g/mol. The SMILES string of the molecule is CCc1ccc(CN(C)C(C)CBr)cc1. The first-order valence-corrected chi connectivity index (χ1v) is 6.63. The molecule has 0 N–H and O–H groups in total. The summed E-state index contributed by atoms with van der Waals surface area (Å²) in [5.41, 5.74) is 2.80. The van der Waals surface area contributed by atoms with Gasteiger partial charge in [-0.25, -0.2) is 0 Å². The van der Waals surface area contributed by atoms with E-state index < -0.39 is 0 Å². The summed E-state index contributed by atoms with van der Waals surface area (Å²) in [6.45, 7) is 5.44. The summed E-state index contributed by atoms with van der Waals surface area (Å²) in [5, 5.41) is 1.02. The number of hydrogen-bond donors (Lipinski definition) is 0. The van der Waals surface area contributed by atoms with Crippen LogP contribution in [0, 0.1) is 0 Å². The van der Waals surface area contributed by atoms with Crippen molar-refractivity contribution in [1.29, 1.82) is 0 Å². The Hall–Kier alpha value is -0.340. The van der Waals surface area contributed by atoms with Crippen LogP contribution in [0.4, 0.5) is 0 Å². The number of hydrogen-bond acceptors (Lipinski definition) is 1. The molecule has 1 atom stereocenters. The van der Waals surface area contributed by atoms with Gasteiger partial charge in [0.15, 0.2) is 0 Å². The second kappa shape index (κ2) is 6.29. The van der Waals surface area contributed by atoms with E-state index in [0.717, 1.165) is 18.3 Å². The molecule has 0 spiro atoms. The van der Waals surface area contributed by atoms with E-state index in [1.54, 1.807) is 0 Å². The third-order valence-electron chi connectivity index (χ3n) is 2.84. The van der Waals surface area contributed by atoms with Crippen molar-refractivity contribution in [3.8, 4) is 0 Å². The van der Waals surface area contributed by atoms with Crippen molar-refractivity contribution < 1.29 is 0 Å². The van der Waals surface area contributed by atoms with E-state index in [1.807, 2.05) is 0 Å². The van der Waals surface area contributed by atoms with E-state index in [-0.39, 0.29) is 0 Å². The van der Waals surface area contributed by atoms with Gasteiger partial charge in [0, 0.05) is 17.9 Å². The second-order valence-electron chi connectivity index (χ2n) is 4.09. The Morgan fingerprint density at radius 2 is 1.73 bits per heavy atom. The van der Waals surface area contributed by atoms with Crippen molar-refractivity contribution in [3.05, 3.63) is 35.4 Å². The highest BCUT2D eigenvalue weighted by Crippen LogP contribution is 2.09. The van der Waals surface area contributed by atoms with Gasteiger partial charge in [-0.15, -0.1) is 0 Å². The molecule has 1 aromatic carbocycles. The Labute approximate surface area is 102 Å². The Bertz CT molecular complexity index is 281. The second-order valence-corrected chi connectivity index (χ2v) is 4.74. The molecule has 2 heteroatoms. The van der Waals surface area contributed by atoms with Gasteiger partial charge in [-0.2, -0.15) is 0 Å². The van der Waals surface area contributed by atoms with Crippen LogP contribution < -0.4 is 0 Å². The zero-order valence-corrected chi connectivity index (χ0v) is 11.4. The maximum Gasteiger partial charge on any atom is 0.0233 e. The number of rotatable bonds is 5. The highest BCUT2D eigenvalue weighted by atomic mass is 79.9. The van der Waals surface area contributed by atoms with Crippen LogP contribution in [-0.4, -0.2) is 23.3 Å². The fourth-order valence-electron chi connectivity index (χ4n) is 1.44. The van der Waals surface area contributed by atoms with Gasteiger partial charge in [-0.3, -0.25) is 4.90 Å². The number of halogens is 1. The molecule has 1 rings (SSSR count). The Morgan fingerprint density at radius 3 is 2.20 bits per heavy atom. The molecule has 0 saturated carbocycles. The summed E-state index contributed by atoms with van der Waals surface area (Å²) < 4.78 is 0. The van der Waals surface area contributed by atoms with Crippen LogP contribution >= 0.6 is 15.9 Å². The van der Waals surface area contributed by atoms with E-state index in [4.69, 9.17) is 0 Å². The summed E-state index contributed by atoms with van der Waals surface area (Å²) >= 11 is 3.51. The van der Waals surface area contributed by atoms with Crippen LogP contribution in [0.1, 0.15) is 25.0 Å². The van der Waals surface area contributed by atoms with Gasteiger partial charge in [-0.1, -0.05) is 47.1 Å². The lowest BCUT2D eigenvalue weighted by Gasteiger charge is -2.22. The lowest BCUT2D eigenvalue weighted by Crippen LogP contribution is -2.29. The summed E-state index contributed by atoms with van der Waals surface area (Å²) in [5.74, 6) is 0. The lowest BCUT2D eigenvalue weighted by molar-refractivity contribution is 0.271. The predicted molar refractivity (Wildman–Crippen MR) is 70.5 cm³/mol. The average molecular weight is 270 g/mol. The van der Waals surface area contributed by atoms with E-state index >= 15 is 0 Å². The Kier molecular flexibility index (Phi) is 5.34. The molecule has 0 aliphatic carbocycles. The van der Waals surface area contributed by atoms with Crippen LogP contribution in [0.15, 0.2) is 24.3 Å². The third-order valence-corrected chi connectivity index (χ3v) is 3.78. The quantitative estimate of drug-likeness (QED) is 0.740. The van der Waals surface area contributed by atoms with Gasteiger partial charge < -0.3 is 0 Å². The molecular weight excluding hydrogens is 250 g/mol. The molecule has 0 aliphatic rings. The van der Waals surface area contributed by atoms with E-state index in [0.29, 0.717) is 6.04 Å². The predicted octanol–water partition coefficient (Wildman–Crippen LogP) is 3.46. The largest absolute Gasteiger partial charge is 0.299 e. The van der Waals surface area contributed by atoms with Crippen molar-refractivity contribution in [3.63, 3.8) is 0 Å². The smallest absolute Gasteiger partial charge is 0.0233 e. The van der Waals surface area contributed by atoms with Gasteiger partial charge in [0.1, 0.15) is 0 Å². The molecule has 0 radical (unpaired) electrons. The van der Waals surface area contributed by atoms with Crippen molar-refractivity contribution in [1.82, 2.24) is 4.90 Å². The first kappa shape index (κ1) is 12.7. The van der Waals surface area contributed by atoms with Crippen LogP contribution in [0.3, 0.4) is 0 Å². The van der Waals surface area contributed by atoms with Gasteiger partial charge in [0.25, 0.3) is 0 Å².